The number of carbonyl (C=O) groups is 1. The summed E-state index contributed by atoms with van der Waals surface area (Å²) < 4.78 is 0. The van der Waals surface area contributed by atoms with E-state index < -0.39 is 5.91 Å². The fourth-order valence-electron chi connectivity index (χ4n) is 2.20. The molecule has 0 radical (unpaired) electrons. The van der Waals surface area contributed by atoms with Crippen molar-refractivity contribution in [1.29, 1.82) is 0 Å². The van der Waals surface area contributed by atoms with Crippen molar-refractivity contribution in [3.05, 3.63) is 34.9 Å². The van der Waals surface area contributed by atoms with Crippen LogP contribution >= 0.6 is 11.6 Å². The molecule has 4 heteroatoms. The molecule has 1 aliphatic rings. The molecule has 0 spiro atoms. The number of benzene rings is 1. The lowest BCUT2D eigenvalue weighted by Crippen LogP contribution is -2.29. The van der Waals surface area contributed by atoms with Crippen LogP contribution in [0, 0.1) is 0 Å². The smallest absolute Gasteiger partial charge is 0.241 e. The van der Waals surface area contributed by atoms with Crippen molar-refractivity contribution < 1.29 is 4.79 Å². The molecular formula is C14H17ClN2O. The second kappa shape index (κ2) is 5.91. The predicted molar refractivity (Wildman–Crippen MR) is 75.7 cm³/mol. The first-order valence-electron chi connectivity index (χ1n) is 6.19. The van der Waals surface area contributed by atoms with Crippen LogP contribution in [0.15, 0.2) is 24.3 Å². The largest absolute Gasteiger partial charge is 0.370 e. The quantitative estimate of drug-likeness (QED) is 0.854. The highest BCUT2D eigenvalue weighted by Crippen LogP contribution is 2.29. The van der Waals surface area contributed by atoms with E-state index in [4.69, 9.17) is 17.3 Å². The standard InChI is InChI=1S/C14H17ClN2O/c15-12-10-11(5-7-14(16)18)4-6-13(12)17-8-2-1-3-9-17/h4-7,10H,1-3,8-9H2,(H2,16,18)/b7-5-. The third-order valence-electron chi connectivity index (χ3n) is 3.11. The van der Waals surface area contributed by atoms with Crippen molar-refractivity contribution in [2.75, 3.05) is 18.0 Å². The number of nitrogens with two attached hydrogens (primary N) is 1. The van der Waals surface area contributed by atoms with Crippen molar-refractivity contribution in [3.8, 4) is 0 Å². The molecule has 0 aliphatic carbocycles. The summed E-state index contributed by atoms with van der Waals surface area (Å²) in [7, 11) is 0. The van der Waals surface area contributed by atoms with Gasteiger partial charge < -0.3 is 10.6 Å². The van der Waals surface area contributed by atoms with E-state index in [1.54, 1.807) is 6.08 Å². The first-order valence-corrected chi connectivity index (χ1v) is 6.56. The Labute approximate surface area is 112 Å². The lowest BCUT2D eigenvalue weighted by molar-refractivity contribution is -0.113. The van der Waals surface area contributed by atoms with Gasteiger partial charge in [-0.2, -0.15) is 0 Å². The number of piperidine rings is 1. The molecule has 0 unspecified atom stereocenters. The number of rotatable bonds is 3. The third-order valence-corrected chi connectivity index (χ3v) is 3.41. The van der Waals surface area contributed by atoms with Gasteiger partial charge >= 0.3 is 0 Å². The van der Waals surface area contributed by atoms with E-state index in [0.29, 0.717) is 0 Å². The van der Waals surface area contributed by atoms with Gasteiger partial charge in [0.1, 0.15) is 0 Å². The fraction of sp³-hybridized carbons (Fsp3) is 0.357. The Morgan fingerprint density at radius 2 is 2.00 bits per heavy atom. The summed E-state index contributed by atoms with van der Waals surface area (Å²) >= 11 is 6.29. The molecule has 3 nitrogen and oxygen atoms in total. The van der Waals surface area contributed by atoms with Crippen LogP contribution in [0.25, 0.3) is 6.08 Å². The highest BCUT2D eigenvalue weighted by atomic mass is 35.5. The minimum atomic E-state index is -0.453. The first kappa shape index (κ1) is 13.0. The molecule has 2 rings (SSSR count). The van der Waals surface area contributed by atoms with Crippen LogP contribution < -0.4 is 10.6 Å². The molecule has 0 aromatic heterocycles. The summed E-state index contributed by atoms with van der Waals surface area (Å²) in [6.07, 6.45) is 6.76. The summed E-state index contributed by atoms with van der Waals surface area (Å²) in [4.78, 5) is 13.0. The number of halogens is 1. The molecule has 1 aliphatic heterocycles. The summed E-state index contributed by atoms with van der Waals surface area (Å²) in [6, 6.07) is 5.83. The van der Waals surface area contributed by atoms with E-state index in [9.17, 15) is 4.79 Å². The van der Waals surface area contributed by atoms with Crippen LogP contribution in [0.2, 0.25) is 5.02 Å². The fourth-order valence-corrected chi connectivity index (χ4v) is 2.50. The maximum Gasteiger partial charge on any atom is 0.241 e. The number of hydrogen-bond donors (Lipinski definition) is 1. The minimum Gasteiger partial charge on any atom is -0.370 e. The zero-order valence-electron chi connectivity index (χ0n) is 10.2. The minimum absolute atomic E-state index is 0.453. The van der Waals surface area contributed by atoms with Crippen molar-refractivity contribution >= 4 is 29.3 Å². The van der Waals surface area contributed by atoms with Gasteiger partial charge in [0.25, 0.3) is 0 Å². The van der Waals surface area contributed by atoms with E-state index in [1.165, 1.54) is 25.3 Å². The van der Waals surface area contributed by atoms with Gasteiger partial charge in [0.05, 0.1) is 10.7 Å². The normalized spacial score (nSPS) is 16.2. The van der Waals surface area contributed by atoms with Crippen LogP contribution in [-0.2, 0) is 4.79 Å². The highest BCUT2D eigenvalue weighted by molar-refractivity contribution is 6.33. The van der Waals surface area contributed by atoms with Crippen molar-refractivity contribution in [1.82, 2.24) is 0 Å². The number of primary amides is 1. The molecule has 0 saturated carbocycles. The van der Waals surface area contributed by atoms with Crippen LogP contribution in [-0.4, -0.2) is 19.0 Å². The molecule has 18 heavy (non-hydrogen) atoms. The lowest BCUT2D eigenvalue weighted by Gasteiger charge is -2.29. The second-order valence-electron chi connectivity index (χ2n) is 4.49. The van der Waals surface area contributed by atoms with Gasteiger partial charge in [0, 0.05) is 19.2 Å². The second-order valence-corrected chi connectivity index (χ2v) is 4.90. The van der Waals surface area contributed by atoms with Gasteiger partial charge in [-0.25, -0.2) is 0 Å². The summed E-state index contributed by atoms with van der Waals surface area (Å²) in [5.74, 6) is -0.453. The molecule has 1 fully saturated rings. The van der Waals surface area contributed by atoms with Crippen molar-refractivity contribution in [3.63, 3.8) is 0 Å². The summed E-state index contributed by atoms with van der Waals surface area (Å²) in [5.41, 5.74) is 7.02. The Morgan fingerprint density at radius 3 is 2.61 bits per heavy atom. The number of hydrogen-bond acceptors (Lipinski definition) is 2. The summed E-state index contributed by atoms with van der Waals surface area (Å²) in [6.45, 7) is 2.13. The maximum absolute atomic E-state index is 10.7. The van der Waals surface area contributed by atoms with Crippen LogP contribution in [0.4, 0.5) is 5.69 Å². The molecule has 2 N–H and O–H groups in total. The average Bonchev–Trinajstić information content (AvgIpc) is 2.37. The average molecular weight is 265 g/mol. The van der Waals surface area contributed by atoms with E-state index >= 15 is 0 Å². The van der Waals surface area contributed by atoms with Gasteiger partial charge in [-0.15, -0.1) is 0 Å². The van der Waals surface area contributed by atoms with E-state index in [0.717, 1.165) is 29.4 Å². The number of carbonyl (C=O) groups excluding carboxylic acids is 1. The molecule has 0 bridgehead atoms. The summed E-state index contributed by atoms with van der Waals surface area (Å²) in [5, 5.41) is 0.725. The Morgan fingerprint density at radius 1 is 1.28 bits per heavy atom. The molecule has 1 aromatic carbocycles. The lowest BCUT2D eigenvalue weighted by atomic mass is 10.1. The number of anilines is 1. The number of nitrogens with zero attached hydrogens (tertiary/aromatic N) is 1. The molecule has 1 saturated heterocycles. The topological polar surface area (TPSA) is 46.3 Å². The van der Waals surface area contributed by atoms with E-state index in [1.807, 2.05) is 18.2 Å². The molecule has 1 amide bonds. The van der Waals surface area contributed by atoms with Gasteiger partial charge in [-0.3, -0.25) is 4.79 Å². The Kier molecular flexibility index (Phi) is 4.26. The SMILES string of the molecule is NC(=O)/C=C\c1ccc(N2CCCCC2)c(Cl)c1. The predicted octanol–water partition coefficient (Wildman–Crippen LogP) is 2.83. The monoisotopic (exact) mass is 264 g/mol. The molecule has 1 aromatic rings. The zero-order chi connectivity index (χ0) is 13.0. The van der Waals surface area contributed by atoms with E-state index in [-0.39, 0.29) is 0 Å². The van der Waals surface area contributed by atoms with Gasteiger partial charge in [-0.1, -0.05) is 17.7 Å². The molecule has 1 heterocycles. The van der Waals surface area contributed by atoms with Crippen LogP contribution in [0.5, 0.6) is 0 Å². The van der Waals surface area contributed by atoms with Gasteiger partial charge in [-0.05, 0) is 43.0 Å². The maximum atomic E-state index is 10.7. The zero-order valence-corrected chi connectivity index (χ0v) is 11.0. The van der Waals surface area contributed by atoms with Crippen LogP contribution in [0.3, 0.4) is 0 Å². The first-order chi connectivity index (χ1) is 8.66. The van der Waals surface area contributed by atoms with Crippen molar-refractivity contribution in [2.24, 2.45) is 5.73 Å². The number of amides is 1. The Balaban J connectivity index is 2.16. The van der Waals surface area contributed by atoms with Crippen LogP contribution in [0.1, 0.15) is 24.8 Å². The van der Waals surface area contributed by atoms with E-state index in [2.05, 4.69) is 4.90 Å². The molecule has 0 atom stereocenters. The Hall–Kier alpha value is -1.48. The van der Waals surface area contributed by atoms with Gasteiger partial charge in [0.2, 0.25) is 5.91 Å². The van der Waals surface area contributed by atoms with Gasteiger partial charge in [0.15, 0.2) is 0 Å². The molecule has 96 valence electrons. The molecular weight excluding hydrogens is 248 g/mol. The van der Waals surface area contributed by atoms with Crippen molar-refractivity contribution in [2.45, 2.75) is 19.3 Å². The Bertz CT molecular complexity index is 465. The highest BCUT2D eigenvalue weighted by Gasteiger charge is 2.13. The third kappa shape index (κ3) is 3.26.